The molecule has 0 aliphatic carbocycles. The minimum absolute atomic E-state index is 0.294. The highest BCUT2D eigenvalue weighted by atomic mass is 16.5. The Hall–Kier alpha value is -1.36. The van der Waals surface area contributed by atoms with Crippen LogP contribution in [0.25, 0.3) is 0 Å². The molecule has 2 rings (SSSR count). The van der Waals surface area contributed by atoms with E-state index in [1.54, 1.807) is 19.3 Å². The summed E-state index contributed by atoms with van der Waals surface area (Å²) >= 11 is 0. The van der Waals surface area contributed by atoms with E-state index in [1.807, 2.05) is 4.68 Å². The van der Waals surface area contributed by atoms with Crippen molar-refractivity contribution in [2.75, 3.05) is 19.7 Å². The summed E-state index contributed by atoms with van der Waals surface area (Å²) in [7, 11) is 0. The summed E-state index contributed by atoms with van der Waals surface area (Å²) in [5, 5.41) is 7.54. The normalized spacial score (nSPS) is 20.7. The van der Waals surface area contributed by atoms with E-state index in [9.17, 15) is 4.79 Å². The molecule has 0 spiro atoms. The number of ether oxygens (including phenoxy) is 1. The average molecular weight is 223 g/mol. The second-order valence-corrected chi connectivity index (χ2v) is 3.93. The van der Waals surface area contributed by atoms with E-state index < -0.39 is 0 Å². The highest BCUT2D eigenvalue weighted by Gasteiger charge is 2.17. The zero-order valence-electron chi connectivity index (χ0n) is 9.48. The molecule has 0 amide bonds. The van der Waals surface area contributed by atoms with Crippen molar-refractivity contribution < 1.29 is 9.53 Å². The van der Waals surface area contributed by atoms with Crippen molar-refractivity contribution >= 4 is 5.97 Å². The third-order valence-electron chi connectivity index (χ3n) is 2.76. The molecule has 5 heteroatoms. The number of carbonyl (C=O) groups is 1. The fourth-order valence-electron chi connectivity index (χ4n) is 1.92. The lowest BCUT2D eigenvalue weighted by Crippen LogP contribution is -2.31. The molecular formula is C11H17N3O2. The van der Waals surface area contributed by atoms with Gasteiger partial charge in [0, 0.05) is 12.7 Å². The fraction of sp³-hybridized carbons (Fsp3) is 0.636. The van der Waals surface area contributed by atoms with E-state index in [-0.39, 0.29) is 5.97 Å². The first-order valence-electron chi connectivity index (χ1n) is 5.73. The predicted molar refractivity (Wildman–Crippen MR) is 59.3 cm³/mol. The van der Waals surface area contributed by atoms with Crippen molar-refractivity contribution in [1.29, 1.82) is 0 Å². The summed E-state index contributed by atoms with van der Waals surface area (Å²) in [5.74, 6) is -0.294. The van der Waals surface area contributed by atoms with Crippen LogP contribution in [-0.4, -0.2) is 35.4 Å². The molecule has 1 aromatic heterocycles. The smallest absolute Gasteiger partial charge is 0.341 e. The van der Waals surface area contributed by atoms with Gasteiger partial charge in [-0.2, -0.15) is 5.10 Å². The summed E-state index contributed by atoms with van der Waals surface area (Å²) in [6.07, 6.45) is 5.61. The lowest BCUT2D eigenvalue weighted by atomic mass is 10.1. The van der Waals surface area contributed by atoms with E-state index >= 15 is 0 Å². The number of aromatic nitrogens is 2. The van der Waals surface area contributed by atoms with Gasteiger partial charge in [-0.25, -0.2) is 4.79 Å². The first-order chi connectivity index (χ1) is 7.81. The Morgan fingerprint density at radius 2 is 2.62 bits per heavy atom. The van der Waals surface area contributed by atoms with Crippen LogP contribution in [0.5, 0.6) is 0 Å². The van der Waals surface area contributed by atoms with Crippen LogP contribution in [0.3, 0.4) is 0 Å². The third kappa shape index (κ3) is 2.41. The molecule has 1 N–H and O–H groups in total. The minimum atomic E-state index is -0.294. The quantitative estimate of drug-likeness (QED) is 0.776. The van der Waals surface area contributed by atoms with Gasteiger partial charge in [0.25, 0.3) is 0 Å². The van der Waals surface area contributed by atoms with Crippen LogP contribution in [0.1, 0.15) is 36.2 Å². The Labute approximate surface area is 94.8 Å². The molecule has 16 heavy (non-hydrogen) atoms. The van der Waals surface area contributed by atoms with Crippen LogP contribution < -0.4 is 5.32 Å². The molecule has 1 aromatic rings. The first-order valence-corrected chi connectivity index (χ1v) is 5.73. The Bertz CT molecular complexity index is 356. The molecule has 5 nitrogen and oxygen atoms in total. The number of piperidine rings is 1. The molecule has 1 atom stereocenters. The maximum Gasteiger partial charge on any atom is 0.341 e. The lowest BCUT2D eigenvalue weighted by molar-refractivity contribution is 0.0526. The number of nitrogens with one attached hydrogen (secondary N) is 1. The topological polar surface area (TPSA) is 56.1 Å². The zero-order valence-corrected chi connectivity index (χ0v) is 9.48. The summed E-state index contributed by atoms with van der Waals surface area (Å²) in [4.78, 5) is 11.4. The zero-order chi connectivity index (χ0) is 11.4. The minimum Gasteiger partial charge on any atom is -0.462 e. The van der Waals surface area contributed by atoms with Gasteiger partial charge in [-0.1, -0.05) is 0 Å². The Morgan fingerprint density at radius 1 is 1.75 bits per heavy atom. The largest absolute Gasteiger partial charge is 0.462 e. The second-order valence-electron chi connectivity index (χ2n) is 3.93. The highest BCUT2D eigenvalue weighted by Crippen LogP contribution is 2.16. The molecule has 0 aromatic carbocycles. The van der Waals surface area contributed by atoms with Crippen molar-refractivity contribution in [3.8, 4) is 0 Å². The van der Waals surface area contributed by atoms with Crippen molar-refractivity contribution in [3.63, 3.8) is 0 Å². The van der Waals surface area contributed by atoms with Crippen LogP contribution in [-0.2, 0) is 4.74 Å². The first kappa shape index (κ1) is 11.1. The van der Waals surface area contributed by atoms with Crippen molar-refractivity contribution in [3.05, 3.63) is 18.0 Å². The maximum atomic E-state index is 11.4. The second kappa shape index (κ2) is 5.12. The van der Waals surface area contributed by atoms with E-state index in [4.69, 9.17) is 4.74 Å². The molecule has 0 unspecified atom stereocenters. The van der Waals surface area contributed by atoms with Gasteiger partial charge < -0.3 is 10.1 Å². The molecule has 1 saturated heterocycles. The molecule has 1 aliphatic rings. The predicted octanol–water partition coefficient (Wildman–Crippen LogP) is 0.984. The SMILES string of the molecule is CCOC(=O)c1cnn([C@@H]2CCCNC2)c1. The molecule has 1 aliphatic heterocycles. The van der Waals surface area contributed by atoms with Crippen LogP contribution in [0.2, 0.25) is 0 Å². The third-order valence-corrected chi connectivity index (χ3v) is 2.76. The van der Waals surface area contributed by atoms with Gasteiger partial charge in [0.05, 0.1) is 24.4 Å². The van der Waals surface area contributed by atoms with Gasteiger partial charge >= 0.3 is 5.97 Å². The number of esters is 1. The average Bonchev–Trinajstić information content (AvgIpc) is 2.80. The van der Waals surface area contributed by atoms with Crippen molar-refractivity contribution in [1.82, 2.24) is 15.1 Å². The molecule has 0 saturated carbocycles. The Morgan fingerprint density at radius 3 is 3.31 bits per heavy atom. The monoisotopic (exact) mass is 223 g/mol. The Kier molecular flexibility index (Phi) is 3.56. The van der Waals surface area contributed by atoms with Gasteiger partial charge in [0.2, 0.25) is 0 Å². The molecule has 1 fully saturated rings. The van der Waals surface area contributed by atoms with Crippen LogP contribution in [0.4, 0.5) is 0 Å². The van der Waals surface area contributed by atoms with Gasteiger partial charge in [-0.05, 0) is 26.3 Å². The number of hydrogen-bond acceptors (Lipinski definition) is 4. The molecule has 2 heterocycles. The Balaban J connectivity index is 2.03. The van der Waals surface area contributed by atoms with Crippen LogP contribution in [0.15, 0.2) is 12.4 Å². The van der Waals surface area contributed by atoms with Crippen molar-refractivity contribution in [2.24, 2.45) is 0 Å². The molecule has 0 bridgehead atoms. The van der Waals surface area contributed by atoms with Gasteiger partial charge in [0.1, 0.15) is 0 Å². The van der Waals surface area contributed by atoms with E-state index in [2.05, 4.69) is 10.4 Å². The standard InChI is InChI=1S/C11H17N3O2/c1-2-16-11(15)9-6-13-14(8-9)10-4-3-5-12-7-10/h6,8,10,12H,2-5,7H2,1H3/t10-/m1/s1. The number of rotatable bonds is 3. The fourth-order valence-corrected chi connectivity index (χ4v) is 1.92. The van der Waals surface area contributed by atoms with Crippen LogP contribution in [0, 0.1) is 0 Å². The van der Waals surface area contributed by atoms with Gasteiger partial charge in [-0.15, -0.1) is 0 Å². The number of hydrogen-bond donors (Lipinski definition) is 1. The number of carbonyl (C=O) groups excluding carboxylic acids is 1. The van der Waals surface area contributed by atoms with Gasteiger partial charge in [-0.3, -0.25) is 4.68 Å². The summed E-state index contributed by atoms with van der Waals surface area (Å²) in [6, 6.07) is 0.358. The van der Waals surface area contributed by atoms with Crippen LogP contribution >= 0.6 is 0 Å². The van der Waals surface area contributed by atoms with Gasteiger partial charge in [0.15, 0.2) is 0 Å². The molecule has 0 radical (unpaired) electrons. The van der Waals surface area contributed by atoms with E-state index in [0.29, 0.717) is 18.2 Å². The summed E-state index contributed by atoms with van der Waals surface area (Å²) in [6.45, 7) is 4.19. The summed E-state index contributed by atoms with van der Waals surface area (Å²) in [5.41, 5.74) is 0.535. The van der Waals surface area contributed by atoms with Crippen molar-refractivity contribution in [2.45, 2.75) is 25.8 Å². The molecule has 88 valence electrons. The maximum absolute atomic E-state index is 11.4. The summed E-state index contributed by atoms with van der Waals surface area (Å²) < 4.78 is 6.78. The lowest BCUT2D eigenvalue weighted by Gasteiger charge is -2.22. The molecular weight excluding hydrogens is 206 g/mol. The van der Waals surface area contributed by atoms with E-state index in [0.717, 1.165) is 25.9 Å². The highest BCUT2D eigenvalue weighted by molar-refractivity contribution is 5.88. The van der Waals surface area contributed by atoms with E-state index in [1.165, 1.54) is 0 Å². The number of nitrogens with zero attached hydrogens (tertiary/aromatic N) is 2.